The molecule has 1 N–H and O–H groups in total. The molecular weight excluding hydrogens is 342 g/mol. The van der Waals surface area contributed by atoms with E-state index >= 15 is 0 Å². The van der Waals surface area contributed by atoms with E-state index in [2.05, 4.69) is 4.98 Å². The third-order valence-corrected chi connectivity index (χ3v) is 5.99. The van der Waals surface area contributed by atoms with Gasteiger partial charge in [0.25, 0.3) is 5.91 Å². The Morgan fingerprint density at radius 3 is 2.78 bits per heavy atom. The van der Waals surface area contributed by atoms with E-state index in [1.807, 2.05) is 47.2 Å². The Balaban J connectivity index is 1.42. The Morgan fingerprint density at radius 1 is 1.26 bits per heavy atom. The highest BCUT2D eigenvalue weighted by atomic mass is 16.5. The number of ether oxygens (including phenoxy) is 1. The summed E-state index contributed by atoms with van der Waals surface area (Å²) >= 11 is 0. The minimum absolute atomic E-state index is 0.0244. The molecule has 1 aliphatic carbocycles. The van der Waals surface area contributed by atoms with Gasteiger partial charge in [-0.1, -0.05) is 12.1 Å². The van der Waals surface area contributed by atoms with Crippen molar-refractivity contribution in [1.29, 1.82) is 0 Å². The van der Waals surface area contributed by atoms with Crippen LogP contribution in [0.1, 0.15) is 36.5 Å². The van der Waals surface area contributed by atoms with Crippen molar-refractivity contribution in [3.05, 3.63) is 36.0 Å². The number of carbonyl (C=O) groups excluding carboxylic acids is 2. The van der Waals surface area contributed by atoms with Crippen LogP contribution >= 0.6 is 0 Å². The molecule has 0 spiro atoms. The van der Waals surface area contributed by atoms with Crippen molar-refractivity contribution in [2.45, 2.75) is 32.2 Å². The molecule has 144 valence electrons. The predicted octanol–water partition coefficient (Wildman–Crippen LogP) is 2.66. The first-order valence-electron chi connectivity index (χ1n) is 9.67. The molecule has 2 heterocycles. The Morgan fingerprint density at radius 2 is 2.07 bits per heavy atom. The SMILES string of the molecule is COCC1(CC(=O)N2CCN(C(=O)c3cccc4cc[nH]c34)C[C@H]2C)CC1. The summed E-state index contributed by atoms with van der Waals surface area (Å²) in [5.41, 5.74) is 1.63. The van der Waals surface area contributed by atoms with Gasteiger partial charge in [-0.2, -0.15) is 0 Å². The van der Waals surface area contributed by atoms with Gasteiger partial charge in [-0.3, -0.25) is 9.59 Å². The van der Waals surface area contributed by atoms with Gasteiger partial charge in [-0.15, -0.1) is 0 Å². The summed E-state index contributed by atoms with van der Waals surface area (Å²) in [7, 11) is 1.70. The van der Waals surface area contributed by atoms with Crippen LogP contribution < -0.4 is 0 Å². The molecule has 1 aromatic heterocycles. The van der Waals surface area contributed by atoms with Crippen molar-refractivity contribution in [3.63, 3.8) is 0 Å². The van der Waals surface area contributed by atoms with Gasteiger partial charge in [0.1, 0.15) is 0 Å². The van der Waals surface area contributed by atoms with Gasteiger partial charge in [0.05, 0.1) is 17.7 Å². The van der Waals surface area contributed by atoms with Gasteiger partial charge in [-0.25, -0.2) is 0 Å². The maximum absolute atomic E-state index is 13.0. The first-order valence-corrected chi connectivity index (χ1v) is 9.67. The Kier molecular flexibility index (Phi) is 4.68. The van der Waals surface area contributed by atoms with E-state index in [-0.39, 0.29) is 23.3 Å². The molecule has 1 atom stereocenters. The van der Waals surface area contributed by atoms with Gasteiger partial charge in [-0.05, 0) is 31.9 Å². The number of nitrogens with zero attached hydrogens (tertiary/aromatic N) is 2. The first kappa shape index (κ1) is 18.0. The minimum Gasteiger partial charge on any atom is -0.384 e. The number of para-hydroxylation sites is 1. The van der Waals surface area contributed by atoms with Crippen LogP contribution in [-0.4, -0.2) is 66.0 Å². The van der Waals surface area contributed by atoms with E-state index in [9.17, 15) is 9.59 Å². The van der Waals surface area contributed by atoms with E-state index < -0.39 is 0 Å². The predicted molar refractivity (Wildman–Crippen MR) is 104 cm³/mol. The maximum atomic E-state index is 13.0. The molecule has 1 aromatic carbocycles. The number of fused-ring (bicyclic) bond motifs is 1. The molecule has 2 aromatic rings. The number of aromatic nitrogens is 1. The maximum Gasteiger partial charge on any atom is 0.256 e. The Hall–Kier alpha value is -2.34. The number of carbonyl (C=O) groups is 2. The minimum atomic E-state index is 0.0244. The fourth-order valence-electron chi connectivity index (χ4n) is 4.22. The number of piperazine rings is 1. The second kappa shape index (κ2) is 7.00. The molecule has 1 saturated carbocycles. The zero-order chi connectivity index (χ0) is 19.0. The molecule has 27 heavy (non-hydrogen) atoms. The van der Waals surface area contributed by atoms with Crippen LogP contribution in [0, 0.1) is 5.41 Å². The molecule has 2 aliphatic rings. The van der Waals surface area contributed by atoms with E-state index in [0.717, 1.165) is 23.7 Å². The third kappa shape index (κ3) is 3.46. The molecule has 0 radical (unpaired) electrons. The number of benzene rings is 1. The van der Waals surface area contributed by atoms with Gasteiger partial charge in [0, 0.05) is 56.2 Å². The summed E-state index contributed by atoms with van der Waals surface area (Å²) in [5.74, 6) is 0.218. The summed E-state index contributed by atoms with van der Waals surface area (Å²) in [6.07, 6.45) is 4.55. The highest BCUT2D eigenvalue weighted by Crippen LogP contribution is 2.49. The second-order valence-corrected chi connectivity index (χ2v) is 8.04. The molecule has 1 aliphatic heterocycles. The van der Waals surface area contributed by atoms with Crippen molar-refractivity contribution in [1.82, 2.24) is 14.8 Å². The molecule has 6 heteroatoms. The van der Waals surface area contributed by atoms with E-state index in [1.165, 1.54) is 0 Å². The number of rotatable bonds is 5. The van der Waals surface area contributed by atoms with Crippen LogP contribution in [-0.2, 0) is 9.53 Å². The van der Waals surface area contributed by atoms with Crippen molar-refractivity contribution in [2.75, 3.05) is 33.4 Å². The van der Waals surface area contributed by atoms with Crippen LogP contribution in [0.4, 0.5) is 0 Å². The molecule has 2 amide bonds. The number of amides is 2. The van der Waals surface area contributed by atoms with Crippen molar-refractivity contribution < 1.29 is 14.3 Å². The highest BCUT2D eigenvalue weighted by molar-refractivity contribution is 6.05. The quantitative estimate of drug-likeness (QED) is 0.881. The lowest BCUT2D eigenvalue weighted by atomic mass is 10.0. The second-order valence-electron chi connectivity index (χ2n) is 8.04. The first-order chi connectivity index (χ1) is 13.0. The molecule has 0 bridgehead atoms. The lowest BCUT2D eigenvalue weighted by Crippen LogP contribution is -2.55. The number of nitrogens with one attached hydrogen (secondary N) is 1. The van der Waals surface area contributed by atoms with Gasteiger partial charge < -0.3 is 19.5 Å². The zero-order valence-electron chi connectivity index (χ0n) is 16.0. The zero-order valence-corrected chi connectivity index (χ0v) is 16.0. The van der Waals surface area contributed by atoms with Gasteiger partial charge >= 0.3 is 0 Å². The Labute approximate surface area is 159 Å². The summed E-state index contributed by atoms with van der Waals surface area (Å²) in [6, 6.07) is 7.77. The normalized spacial score (nSPS) is 21.5. The summed E-state index contributed by atoms with van der Waals surface area (Å²) in [4.78, 5) is 32.8. The standard InChI is InChI=1S/C21H27N3O3/c1-15-13-23(20(26)17-5-3-4-16-6-9-22-19(16)17)10-11-24(15)18(25)12-21(7-8-21)14-27-2/h3-6,9,15,22H,7-8,10-14H2,1-2H3/t15-/m1/s1. The van der Waals surface area contributed by atoms with Crippen molar-refractivity contribution >= 4 is 22.7 Å². The largest absolute Gasteiger partial charge is 0.384 e. The average molecular weight is 369 g/mol. The average Bonchev–Trinajstić information content (AvgIpc) is 3.23. The molecule has 4 rings (SSSR count). The van der Waals surface area contributed by atoms with E-state index in [0.29, 0.717) is 38.2 Å². The summed E-state index contributed by atoms with van der Waals surface area (Å²) in [5, 5.41) is 1.04. The monoisotopic (exact) mass is 369 g/mol. The summed E-state index contributed by atoms with van der Waals surface area (Å²) < 4.78 is 5.28. The lowest BCUT2D eigenvalue weighted by molar-refractivity contribution is -0.137. The van der Waals surface area contributed by atoms with Crippen LogP contribution in [0.2, 0.25) is 0 Å². The van der Waals surface area contributed by atoms with E-state index in [1.54, 1.807) is 7.11 Å². The highest BCUT2D eigenvalue weighted by Gasteiger charge is 2.46. The molecule has 2 fully saturated rings. The molecule has 1 saturated heterocycles. The number of H-pyrrole nitrogens is 1. The van der Waals surface area contributed by atoms with Gasteiger partial charge in [0.15, 0.2) is 0 Å². The third-order valence-electron chi connectivity index (χ3n) is 5.99. The van der Waals surface area contributed by atoms with Crippen LogP contribution in [0.3, 0.4) is 0 Å². The summed E-state index contributed by atoms with van der Waals surface area (Å²) in [6.45, 7) is 4.42. The number of hydrogen-bond acceptors (Lipinski definition) is 3. The fraction of sp³-hybridized carbons (Fsp3) is 0.524. The van der Waals surface area contributed by atoms with Crippen LogP contribution in [0.15, 0.2) is 30.5 Å². The van der Waals surface area contributed by atoms with Gasteiger partial charge in [0.2, 0.25) is 5.91 Å². The lowest BCUT2D eigenvalue weighted by Gasteiger charge is -2.40. The fourth-order valence-corrected chi connectivity index (χ4v) is 4.22. The molecule has 6 nitrogen and oxygen atoms in total. The van der Waals surface area contributed by atoms with Crippen molar-refractivity contribution in [3.8, 4) is 0 Å². The number of aromatic amines is 1. The molecule has 0 unspecified atom stereocenters. The smallest absolute Gasteiger partial charge is 0.256 e. The number of methoxy groups -OCH3 is 1. The number of hydrogen-bond donors (Lipinski definition) is 1. The van der Waals surface area contributed by atoms with Crippen molar-refractivity contribution in [2.24, 2.45) is 5.41 Å². The van der Waals surface area contributed by atoms with Crippen LogP contribution in [0.5, 0.6) is 0 Å². The molecular formula is C21H27N3O3. The van der Waals surface area contributed by atoms with E-state index in [4.69, 9.17) is 4.74 Å². The van der Waals surface area contributed by atoms with Crippen LogP contribution in [0.25, 0.3) is 10.9 Å². The Bertz CT molecular complexity index is 855. The topological polar surface area (TPSA) is 65.6 Å².